The van der Waals surface area contributed by atoms with Gasteiger partial charge in [-0.25, -0.2) is 15.0 Å². The van der Waals surface area contributed by atoms with Crippen LogP contribution in [0.2, 0.25) is 0 Å². The van der Waals surface area contributed by atoms with Crippen molar-refractivity contribution in [2.45, 2.75) is 0 Å². The second kappa shape index (κ2) is 15.0. The molecule has 0 fully saturated rings. The quantitative estimate of drug-likeness (QED) is 0.165. The molecule has 0 aliphatic carbocycles. The van der Waals surface area contributed by atoms with Crippen LogP contribution in [0.5, 0.6) is 0 Å². The van der Waals surface area contributed by atoms with E-state index in [4.69, 9.17) is 28.2 Å². The van der Waals surface area contributed by atoms with Crippen LogP contribution in [0.1, 0.15) is 0 Å². The SMILES string of the molecule is c1ccc(-c2nc(-c3cccc4c3oc3ccccc34)nc(-c3cccc4oc5ccc(-c6cccc7oc8ccc(-c9ccc%10c(c9)c9ccccc9n%10-c9ccccc9)cc8c67)cc5c34)n2)cc1. The highest BCUT2D eigenvalue weighted by molar-refractivity contribution is 6.17. The predicted octanol–water partition coefficient (Wildman–Crippen LogP) is 17.0. The summed E-state index contributed by atoms with van der Waals surface area (Å²) in [7, 11) is 0. The van der Waals surface area contributed by atoms with Gasteiger partial charge in [0.25, 0.3) is 0 Å². The lowest BCUT2D eigenvalue weighted by Gasteiger charge is -2.10. The van der Waals surface area contributed by atoms with Gasteiger partial charge in [-0.3, -0.25) is 0 Å². The first-order chi connectivity index (χ1) is 34.7. The van der Waals surface area contributed by atoms with Crippen molar-refractivity contribution in [3.8, 4) is 62.1 Å². The molecule has 0 spiro atoms. The van der Waals surface area contributed by atoms with Gasteiger partial charge in [0.2, 0.25) is 0 Å². The molecule has 5 heterocycles. The van der Waals surface area contributed by atoms with Crippen molar-refractivity contribution in [1.29, 1.82) is 0 Å². The Morgan fingerprint density at radius 1 is 0.286 bits per heavy atom. The van der Waals surface area contributed by atoms with Crippen molar-refractivity contribution in [2.24, 2.45) is 0 Å². The standard InChI is InChI=1S/C63H36N4O3/c1-3-14-37(15-4-1)61-64-62(66-63(65-61)47-23-11-21-45-44-19-8-10-25-53(44)70-60(45)47)46-22-13-27-57-59(46)50-36-40(30-33-55(50)69-57)42-20-12-26-56-58(42)49-35-39(29-32-54(49)68-56)38-28-31-52-48(34-38)43-18-7-9-24-51(43)67(52)41-16-5-2-6-17-41/h1-36H. The zero-order valence-electron chi connectivity index (χ0n) is 37.3. The number of fused-ring (bicyclic) bond motifs is 12. The number of benzene rings is 10. The smallest absolute Gasteiger partial charge is 0.167 e. The number of hydrogen-bond donors (Lipinski definition) is 0. The summed E-state index contributed by atoms with van der Waals surface area (Å²) in [6.45, 7) is 0. The minimum atomic E-state index is 0.524. The summed E-state index contributed by atoms with van der Waals surface area (Å²) in [5.74, 6) is 1.63. The Morgan fingerprint density at radius 2 is 0.800 bits per heavy atom. The lowest BCUT2D eigenvalue weighted by atomic mass is 9.95. The van der Waals surface area contributed by atoms with Crippen LogP contribution < -0.4 is 0 Å². The van der Waals surface area contributed by atoms with Crippen LogP contribution in [-0.4, -0.2) is 19.5 Å². The molecule has 0 radical (unpaired) electrons. The Morgan fingerprint density at radius 3 is 1.59 bits per heavy atom. The topological polar surface area (TPSA) is 83.0 Å². The van der Waals surface area contributed by atoms with E-state index in [-0.39, 0.29) is 0 Å². The van der Waals surface area contributed by atoms with Crippen LogP contribution >= 0.6 is 0 Å². The molecule has 0 aliphatic heterocycles. The molecular formula is C63H36N4O3. The summed E-state index contributed by atoms with van der Waals surface area (Å²) < 4.78 is 22.1. The fourth-order valence-corrected chi connectivity index (χ4v) is 10.7. The van der Waals surface area contributed by atoms with E-state index >= 15 is 0 Å². The largest absolute Gasteiger partial charge is 0.456 e. The highest BCUT2D eigenvalue weighted by atomic mass is 16.3. The van der Waals surface area contributed by atoms with E-state index in [2.05, 4.69) is 150 Å². The molecule has 0 bridgehead atoms. The van der Waals surface area contributed by atoms with E-state index in [9.17, 15) is 0 Å². The second-order valence-electron chi connectivity index (χ2n) is 17.9. The van der Waals surface area contributed by atoms with Crippen LogP contribution in [0.3, 0.4) is 0 Å². The van der Waals surface area contributed by atoms with Gasteiger partial charge in [-0.1, -0.05) is 140 Å². The Kier molecular flexibility index (Phi) is 8.23. The maximum atomic E-state index is 6.61. The van der Waals surface area contributed by atoms with Crippen molar-refractivity contribution >= 4 is 87.6 Å². The Hall–Kier alpha value is -9.59. The summed E-state index contributed by atoms with van der Waals surface area (Å²) >= 11 is 0. The van der Waals surface area contributed by atoms with Crippen LogP contribution in [0.4, 0.5) is 0 Å². The number of hydrogen-bond acceptors (Lipinski definition) is 6. The summed E-state index contributed by atoms with van der Waals surface area (Å²) in [5.41, 5.74) is 15.1. The Bertz CT molecular complexity index is 4600. The van der Waals surface area contributed by atoms with Crippen molar-refractivity contribution in [1.82, 2.24) is 19.5 Å². The van der Waals surface area contributed by atoms with Gasteiger partial charge >= 0.3 is 0 Å². The van der Waals surface area contributed by atoms with E-state index < -0.39 is 0 Å². The van der Waals surface area contributed by atoms with Crippen LogP contribution in [0.15, 0.2) is 232 Å². The summed E-state index contributed by atoms with van der Waals surface area (Å²) in [6, 6.07) is 75.7. The first-order valence-electron chi connectivity index (χ1n) is 23.4. The van der Waals surface area contributed by atoms with Crippen molar-refractivity contribution in [3.05, 3.63) is 218 Å². The molecule has 15 aromatic rings. The normalized spacial score (nSPS) is 12.0. The van der Waals surface area contributed by atoms with Crippen LogP contribution in [-0.2, 0) is 0 Å². The van der Waals surface area contributed by atoms with Crippen molar-refractivity contribution in [3.63, 3.8) is 0 Å². The monoisotopic (exact) mass is 896 g/mol. The van der Waals surface area contributed by atoms with E-state index in [1.807, 2.05) is 72.8 Å². The molecule has 0 unspecified atom stereocenters. The molecule has 326 valence electrons. The second-order valence-corrected chi connectivity index (χ2v) is 17.9. The van der Waals surface area contributed by atoms with Gasteiger partial charge in [-0.05, 0) is 101 Å². The molecule has 15 rings (SSSR count). The summed E-state index contributed by atoms with van der Waals surface area (Å²) in [5, 5.41) is 8.48. The highest BCUT2D eigenvalue weighted by Crippen LogP contribution is 2.44. The lowest BCUT2D eigenvalue weighted by Crippen LogP contribution is -2.00. The molecule has 10 aromatic carbocycles. The van der Waals surface area contributed by atoms with Gasteiger partial charge in [0.1, 0.15) is 33.5 Å². The van der Waals surface area contributed by atoms with Gasteiger partial charge in [0, 0.05) is 59.9 Å². The first kappa shape index (κ1) is 38.5. The Balaban J connectivity index is 0.888. The fraction of sp³-hybridized carbons (Fsp3) is 0. The molecule has 0 saturated heterocycles. The van der Waals surface area contributed by atoms with E-state index in [1.54, 1.807) is 0 Å². The zero-order chi connectivity index (χ0) is 45.9. The van der Waals surface area contributed by atoms with E-state index in [1.165, 1.54) is 21.8 Å². The Labute approximate surface area is 399 Å². The number of furan rings is 3. The van der Waals surface area contributed by atoms with Crippen LogP contribution in [0, 0.1) is 0 Å². The predicted molar refractivity (Wildman–Crippen MR) is 283 cm³/mol. The summed E-state index contributed by atoms with van der Waals surface area (Å²) in [4.78, 5) is 15.5. The molecule has 5 aromatic heterocycles. The van der Waals surface area contributed by atoms with E-state index in [0.717, 1.165) is 110 Å². The molecule has 7 heteroatoms. The van der Waals surface area contributed by atoms with Gasteiger partial charge in [-0.15, -0.1) is 0 Å². The lowest BCUT2D eigenvalue weighted by molar-refractivity contribution is 0.668. The average molecular weight is 897 g/mol. The molecule has 0 atom stereocenters. The zero-order valence-corrected chi connectivity index (χ0v) is 37.3. The minimum absolute atomic E-state index is 0.524. The highest BCUT2D eigenvalue weighted by Gasteiger charge is 2.22. The third-order valence-electron chi connectivity index (χ3n) is 13.9. The van der Waals surface area contributed by atoms with Gasteiger partial charge in [0.15, 0.2) is 17.5 Å². The fourth-order valence-electron chi connectivity index (χ4n) is 10.7. The van der Waals surface area contributed by atoms with Gasteiger partial charge in [0.05, 0.1) is 16.6 Å². The third-order valence-corrected chi connectivity index (χ3v) is 13.9. The van der Waals surface area contributed by atoms with Crippen molar-refractivity contribution < 1.29 is 13.3 Å². The van der Waals surface area contributed by atoms with Crippen molar-refractivity contribution in [2.75, 3.05) is 0 Å². The summed E-state index contributed by atoms with van der Waals surface area (Å²) in [6.07, 6.45) is 0. The van der Waals surface area contributed by atoms with Gasteiger partial charge in [-0.2, -0.15) is 0 Å². The van der Waals surface area contributed by atoms with Gasteiger partial charge < -0.3 is 17.8 Å². The molecule has 0 aliphatic rings. The third kappa shape index (κ3) is 5.85. The molecule has 0 N–H and O–H groups in total. The number of rotatable bonds is 6. The number of aromatic nitrogens is 4. The van der Waals surface area contributed by atoms with E-state index in [0.29, 0.717) is 17.5 Å². The first-order valence-corrected chi connectivity index (χ1v) is 23.4. The molecule has 0 amide bonds. The average Bonchev–Trinajstić information content (AvgIpc) is 4.19. The maximum absolute atomic E-state index is 6.61. The minimum Gasteiger partial charge on any atom is -0.456 e. The van der Waals surface area contributed by atoms with Crippen LogP contribution in [0.25, 0.3) is 150 Å². The number of para-hydroxylation sites is 4. The molecule has 70 heavy (non-hydrogen) atoms. The number of nitrogens with zero attached hydrogens (tertiary/aromatic N) is 4. The molecule has 0 saturated carbocycles. The maximum Gasteiger partial charge on any atom is 0.167 e. The molecule has 7 nitrogen and oxygen atoms in total. The molecular weight excluding hydrogens is 861 g/mol.